The van der Waals surface area contributed by atoms with Gasteiger partial charge in [0.2, 0.25) is 0 Å². The van der Waals surface area contributed by atoms with Crippen LogP contribution in [0, 0.1) is 0 Å². The Hall–Kier alpha value is -1.07. The molecule has 0 aliphatic rings. The number of carbonyl (C=O) groups excluding carboxylic acids is 1. The smallest absolute Gasteiger partial charge is 0.287 e. The van der Waals surface area contributed by atoms with Crippen molar-refractivity contribution in [3.8, 4) is 0 Å². The molecule has 90 valence electrons. The van der Waals surface area contributed by atoms with E-state index < -0.39 is 0 Å². The highest BCUT2D eigenvalue weighted by Gasteiger charge is 2.11. The highest BCUT2D eigenvalue weighted by atomic mass is 79.9. The number of halogens is 1. The molecular formula is C12H12BrNO2S. The van der Waals surface area contributed by atoms with Crippen molar-refractivity contribution in [3.63, 3.8) is 0 Å². The van der Waals surface area contributed by atoms with E-state index >= 15 is 0 Å². The molecule has 5 heteroatoms. The maximum Gasteiger partial charge on any atom is 0.287 e. The van der Waals surface area contributed by atoms with Gasteiger partial charge in [0.1, 0.15) is 5.76 Å². The topological polar surface area (TPSA) is 42.2 Å². The summed E-state index contributed by atoms with van der Waals surface area (Å²) in [6.07, 6.45) is 0.795. The first-order valence-electron chi connectivity index (χ1n) is 5.29. The Balaban J connectivity index is 1.95. The number of rotatable bonds is 4. The SMILES string of the molecule is CCc1ccc(C(=O)NCc2sccc2Br)o1. The minimum atomic E-state index is -0.176. The largest absolute Gasteiger partial charge is 0.456 e. The molecule has 0 atom stereocenters. The van der Waals surface area contributed by atoms with Gasteiger partial charge in [-0.3, -0.25) is 4.79 Å². The summed E-state index contributed by atoms with van der Waals surface area (Å²) in [5.41, 5.74) is 0. The summed E-state index contributed by atoms with van der Waals surface area (Å²) >= 11 is 5.03. The standard InChI is InChI=1S/C12H12BrNO2S/c1-2-8-3-4-10(16-8)12(15)14-7-11-9(13)5-6-17-11/h3-6H,2,7H2,1H3,(H,14,15). The predicted molar refractivity (Wildman–Crippen MR) is 71.3 cm³/mol. The molecule has 0 bridgehead atoms. The highest BCUT2D eigenvalue weighted by molar-refractivity contribution is 9.10. The van der Waals surface area contributed by atoms with Crippen molar-refractivity contribution in [2.24, 2.45) is 0 Å². The Kier molecular flexibility index (Phi) is 4.02. The molecule has 0 saturated carbocycles. The zero-order valence-corrected chi connectivity index (χ0v) is 11.7. The van der Waals surface area contributed by atoms with Crippen LogP contribution in [0.2, 0.25) is 0 Å². The van der Waals surface area contributed by atoms with Gasteiger partial charge in [-0.25, -0.2) is 0 Å². The maximum atomic E-state index is 11.8. The lowest BCUT2D eigenvalue weighted by atomic mass is 10.3. The summed E-state index contributed by atoms with van der Waals surface area (Å²) < 4.78 is 6.40. The van der Waals surface area contributed by atoms with Crippen molar-refractivity contribution in [2.45, 2.75) is 19.9 Å². The van der Waals surface area contributed by atoms with Crippen molar-refractivity contribution < 1.29 is 9.21 Å². The van der Waals surface area contributed by atoms with Crippen LogP contribution in [0.25, 0.3) is 0 Å². The van der Waals surface area contributed by atoms with Crippen LogP contribution in [0.3, 0.4) is 0 Å². The van der Waals surface area contributed by atoms with Crippen LogP contribution in [-0.2, 0) is 13.0 Å². The van der Waals surface area contributed by atoms with E-state index in [1.54, 1.807) is 17.4 Å². The lowest BCUT2D eigenvalue weighted by molar-refractivity contribution is 0.0922. The molecule has 0 saturated heterocycles. The van der Waals surface area contributed by atoms with E-state index in [0.29, 0.717) is 12.3 Å². The monoisotopic (exact) mass is 313 g/mol. The fraction of sp³-hybridized carbons (Fsp3) is 0.250. The van der Waals surface area contributed by atoms with E-state index in [4.69, 9.17) is 4.42 Å². The number of nitrogens with one attached hydrogen (secondary N) is 1. The number of amides is 1. The molecule has 2 aromatic rings. The van der Waals surface area contributed by atoms with E-state index in [-0.39, 0.29) is 5.91 Å². The summed E-state index contributed by atoms with van der Waals surface area (Å²) in [7, 11) is 0. The quantitative estimate of drug-likeness (QED) is 0.937. The molecule has 0 aromatic carbocycles. The molecule has 1 N–H and O–H groups in total. The molecule has 0 fully saturated rings. The molecule has 2 rings (SSSR count). The number of hydrogen-bond acceptors (Lipinski definition) is 3. The molecule has 0 unspecified atom stereocenters. The van der Waals surface area contributed by atoms with E-state index in [1.165, 1.54) is 0 Å². The van der Waals surface area contributed by atoms with Gasteiger partial charge in [0, 0.05) is 15.8 Å². The van der Waals surface area contributed by atoms with Gasteiger partial charge in [-0.2, -0.15) is 0 Å². The molecule has 17 heavy (non-hydrogen) atoms. The van der Waals surface area contributed by atoms with Crippen LogP contribution in [0.4, 0.5) is 0 Å². The number of hydrogen-bond donors (Lipinski definition) is 1. The molecule has 0 aliphatic carbocycles. The molecule has 0 radical (unpaired) electrons. The lowest BCUT2D eigenvalue weighted by Crippen LogP contribution is -2.21. The van der Waals surface area contributed by atoms with Gasteiger partial charge in [-0.15, -0.1) is 11.3 Å². The van der Waals surface area contributed by atoms with Crippen LogP contribution in [0.1, 0.15) is 28.1 Å². The average molecular weight is 314 g/mol. The lowest BCUT2D eigenvalue weighted by Gasteiger charge is -2.01. The zero-order valence-electron chi connectivity index (χ0n) is 9.33. The molecule has 3 nitrogen and oxygen atoms in total. The van der Waals surface area contributed by atoms with Gasteiger partial charge in [0.05, 0.1) is 6.54 Å². The summed E-state index contributed by atoms with van der Waals surface area (Å²) in [4.78, 5) is 12.9. The second-order valence-electron chi connectivity index (χ2n) is 3.49. The van der Waals surface area contributed by atoms with Gasteiger partial charge >= 0.3 is 0 Å². The Labute approximate surface area is 112 Å². The van der Waals surface area contributed by atoms with Gasteiger partial charge in [0.15, 0.2) is 5.76 Å². The Morgan fingerprint density at radius 1 is 1.47 bits per heavy atom. The van der Waals surface area contributed by atoms with E-state index in [1.807, 2.05) is 24.4 Å². The first-order chi connectivity index (χ1) is 8.20. The second-order valence-corrected chi connectivity index (χ2v) is 5.35. The Morgan fingerprint density at radius 3 is 2.88 bits per heavy atom. The minimum absolute atomic E-state index is 0.176. The number of thiophene rings is 1. The van der Waals surface area contributed by atoms with Crippen molar-refractivity contribution in [3.05, 3.63) is 44.4 Å². The van der Waals surface area contributed by atoms with Gasteiger partial charge < -0.3 is 9.73 Å². The van der Waals surface area contributed by atoms with Crippen LogP contribution >= 0.6 is 27.3 Å². The number of aryl methyl sites for hydroxylation is 1. The first kappa shape index (κ1) is 12.4. The maximum absolute atomic E-state index is 11.8. The van der Waals surface area contributed by atoms with E-state index in [0.717, 1.165) is 21.5 Å². The van der Waals surface area contributed by atoms with Crippen molar-refractivity contribution in [2.75, 3.05) is 0 Å². The molecule has 1 amide bonds. The molecule has 2 aromatic heterocycles. The third-order valence-electron chi connectivity index (χ3n) is 2.33. The summed E-state index contributed by atoms with van der Waals surface area (Å²) in [6.45, 7) is 2.50. The normalized spacial score (nSPS) is 10.5. The fourth-order valence-corrected chi connectivity index (χ4v) is 2.82. The minimum Gasteiger partial charge on any atom is -0.456 e. The molecular weight excluding hydrogens is 302 g/mol. The van der Waals surface area contributed by atoms with Crippen LogP contribution in [0.15, 0.2) is 32.5 Å². The summed E-state index contributed by atoms with van der Waals surface area (Å²) in [5.74, 6) is 1.02. The van der Waals surface area contributed by atoms with Crippen molar-refractivity contribution in [1.29, 1.82) is 0 Å². The summed E-state index contributed by atoms with van der Waals surface area (Å²) in [5, 5.41) is 4.81. The van der Waals surface area contributed by atoms with Gasteiger partial charge in [-0.05, 0) is 39.5 Å². The Bertz CT molecular complexity index is 518. The third kappa shape index (κ3) is 2.98. The Morgan fingerprint density at radius 2 is 2.29 bits per heavy atom. The molecule has 0 spiro atoms. The molecule has 0 aliphatic heterocycles. The van der Waals surface area contributed by atoms with E-state index in [2.05, 4.69) is 21.2 Å². The summed E-state index contributed by atoms with van der Waals surface area (Å²) in [6, 6.07) is 5.50. The second kappa shape index (κ2) is 5.51. The average Bonchev–Trinajstić information content (AvgIpc) is 2.94. The zero-order chi connectivity index (χ0) is 12.3. The van der Waals surface area contributed by atoms with Crippen LogP contribution in [-0.4, -0.2) is 5.91 Å². The van der Waals surface area contributed by atoms with Gasteiger partial charge in [0.25, 0.3) is 5.91 Å². The van der Waals surface area contributed by atoms with Gasteiger partial charge in [-0.1, -0.05) is 6.92 Å². The third-order valence-corrected chi connectivity index (χ3v) is 4.26. The fourth-order valence-electron chi connectivity index (χ4n) is 1.39. The van der Waals surface area contributed by atoms with Crippen LogP contribution in [0.5, 0.6) is 0 Å². The first-order valence-corrected chi connectivity index (χ1v) is 6.96. The van der Waals surface area contributed by atoms with E-state index in [9.17, 15) is 4.79 Å². The highest BCUT2D eigenvalue weighted by Crippen LogP contribution is 2.22. The number of furan rings is 1. The van der Waals surface area contributed by atoms with Crippen molar-refractivity contribution >= 4 is 33.2 Å². The predicted octanol–water partition coefficient (Wildman–Crippen LogP) is 3.60. The molecule has 2 heterocycles. The van der Waals surface area contributed by atoms with Crippen LogP contribution < -0.4 is 5.32 Å². The number of carbonyl (C=O) groups is 1. The van der Waals surface area contributed by atoms with Crippen molar-refractivity contribution in [1.82, 2.24) is 5.32 Å².